The number of pyridine rings is 1. The lowest BCUT2D eigenvalue weighted by atomic mass is 9.98. The van der Waals surface area contributed by atoms with Crippen molar-refractivity contribution in [1.82, 2.24) is 14.3 Å². The Labute approximate surface area is 151 Å². The molecule has 1 aliphatic rings. The summed E-state index contributed by atoms with van der Waals surface area (Å²) in [6.45, 7) is 1.72. The molecular weight excluding hydrogens is 333 g/mol. The van der Waals surface area contributed by atoms with Crippen molar-refractivity contribution in [3.8, 4) is 5.75 Å². The molecule has 3 aromatic rings. The summed E-state index contributed by atoms with van der Waals surface area (Å²) in [5.74, 6) is 0.0965. The number of carbonyl (C=O) groups excluding carboxylic acids is 1. The number of ether oxygens (including phenoxy) is 1. The molecule has 6 heteroatoms. The van der Waals surface area contributed by atoms with E-state index in [1.54, 1.807) is 29.3 Å². The van der Waals surface area contributed by atoms with E-state index in [2.05, 4.69) is 4.98 Å². The summed E-state index contributed by atoms with van der Waals surface area (Å²) in [7, 11) is 0. The topological polar surface area (TPSA) is 46.8 Å². The van der Waals surface area contributed by atoms with Crippen molar-refractivity contribution < 1.29 is 13.9 Å². The van der Waals surface area contributed by atoms with E-state index in [0.29, 0.717) is 25.3 Å². The first-order valence-corrected chi connectivity index (χ1v) is 8.82. The maximum absolute atomic E-state index is 14.5. The van der Waals surface area contributed by atoms with Crippen LogP contribution in [0.25, 0.3) is 5.65 Å². The molecule has 0 N–H and O–H groups in total. The van der Waals surface area contributed by atoms with Crippen molar-refractivity contribution in [3.63, 3.8) is 0 Å². The van der Waals surface area contributed by atoms with Crippen LogP contribution in [0, 0.1) is 11.9 Å². The van der Waals surface area contributed by atoms with E-state index < -0.39 is 5.95 Å². The van der Waals surface area contributed by atoms with Gasteiger partial charge in [-0.15, -0.1) is 0 Å². The molecule has 0 saturated carbocycles. The van der Waals surface area contributed by atoms with Gasteiger partial charge in [-0.2, -0.15) is 4.39 Å². The van der Waals surface area contributed by atoms with Gasteiger partial charge in [0.05, 0.1) is 6.61 Å². The minimum absolute atomic E-state index is 0.110. The van der Waals surface area contributed by atoms with Gasteiger partial charge >= 0.3 is 0 Å². The van der Waals surface area contributed by atoms with Crippen LogP contribution in [0.1, 0.15) is 23.3 Å². The van der Waals surface area contributed by atoms with Crippen LogP contribution in [0.3, 0.4) is 0 Å². The van der Waals surface area contributed by atoms with E-state index in [0.717, 1.165) is 18.6 Å². The Morgan fingerprint density at radius 2 is 2.00 bits per heavy atom. The zero-order valence-corrected chi connectivity index (χ0v) is 14.3. The number of amides is 1. The molecule has 1 fully saturated rings. The molecule has 134 valence electrons. The van der Waals surface area contributed by atoms with Gasteiger partial charge in [0.15, 0.2) is 5.69 Å². The Balaban J connectivity index is 1.45. The molecule has 0 unspecified atom stereocenters. The van der Waals surface area contributed by atoms with E-state index in [1.165, 1.54) is 4.40 Å². The number of benzene rings is 1. The van der Waals surface area contributed by atoms with Gasteiger partial charge in [-0.05, 0) is 37.1 Å². The molecule has 1 aliphatic heterocycles. The molecule has 0 spiro atoms. The van der Waals surface area contributed by atoms with Crippen LogP contribution >= 0.6 is 0 Å². The van der Waals surface area contributed by atoms with Crippen molar-refractivity contribution in [2.75, 3.05) is 19.7 Å². The maximum atomic E-state index is 14.5. The molecule has 4 rings (SSSR count). The molecule has 5 nitrogen and oxygen atoms in total. The summed E-state index contributed by atoms with van der Waals surface area (Å²) in [6, 6.07) is 14.8. The van der Waals surface area contributed by atoms with Crippen LogP contribution in [0.2, 0.25) is 0 Å². The second-order valence-electron chi connectivity index (χ2n) is 6.56. The van der Waals surface area contributed by atoms with E-state index in [-0.39, 0.29) is 17.5 Å². The number of imidazole rings is 1. The number of fused-ring (bicyclic) bond motifs is 1. The van der Waals surface area contributed by atoms with Crippen molar-refractivity contribution in [3.05, 3.63) is 66.4 Å². The first-order chi connectivity index (χ1) is 12.7. The minimum atomic E-state index is -0.603. The fourth-order valence-electron chi connectivity index (χ4n) is 3.37. The summed E-state index contributed by atoms with van der Waals surface area (Å²) in [5.41, 5.74) is 0.329. The van der Waals surface area contributed by atoms with E-state index in [1.807, 2.05) is 30.3 Å². The molecule has 0 aliphatic carbocycles. The van der Waals surface area contributed by atoms with Crippen LogP contribution in [0.15, 0.2) is 54.7 Å². The zero-order valence-electron chi connectivity index (χ0n) is 14.3. The van der Waals surface area contributed by atoms with Crippen molar-refractivity contribution in [2.45, 2.75) is 12.8 Å². The number of carbonyl (C=O) groups is 1. The molecule has 26 heavy (non-hydrogen) atoms. The third-order valence-electron chi connectivity index (χ3n) is 4.71. The summed E-state index contributed by atoms with van der Waals surface area (Å²) in [5, 5.41) is 0. The number of piperidine rings is 1. The van der Waals surface area contributed by atoms with Gasteiger partial charge in [-0.25, -0.2) is 4.98 Å². The van der Waals surface area contributed by atoms with Gasteiger partial charge in [-0.1, -0.05) is 24.3 Å². The Hall–Kier alpha value is -2.89. The van der Waals surface area contributed by atoms with E-state index in [4.69, 9.17) is 4.74 Å². The normalized spacial score (nSPS) is 17.4. The van der Waals surface area contributed by atoms with Crippen LogP contribution in [0.5, 0.6) is 5.75 Å². The standard InChI is InChI=1S/C20H20FN3O2/c21-19-18(22-17-10-4-5-12-24(17)19)20(25)23-11-6-7-15(13-23)14-26-16-8-2-1-3-9-16/h1-5,8-10,12,15H,6-7,11,13-14H2/t15-/m0/s1. The largest absolute Gasteiger partial charge is 0.493 e. The number of nitrogens with zero attached hydrogens (tertiary/aromatic N) is 3. The third-order valence-corrected chi connectivity index (χ3v) is 4.71. The van der Waals surface area contributed by atoms with E-state index >= 15 is 0 Å². The average molecular weight is 353 g/mol. The maximum Gasteiger partial charge on any atom is 0.277 e. The van der Waals surface area contributed by atoms with Gasteiger partial charge in [0.2, 0.25) is 5.95 Å². The van der Waals surface area contributed by atoms with Gasteiger partial charge < -0.3 is 9.64 Å². The second kappa shape index (κ2) is 7.15. The summed E-state index contributed by atoms with van der Waals surface area (Å²) in [6.07, 6.45) is 3.44. The number of hydrogen-bond acceptors (Lipinski definition) is 3. The molecule has 3 heterocycles. The predicted molar refractivity (Wildman–Crippen MR) is 95.7 cm³/mol. The first kappa shape index (κ1) is 16.6. The lowest BCUT2D eigenvalue weighted by molar-refractivity contribution is 0.0623. The predicted octanol–water partition coefficient (Wildman–Crippen LogP) is 3.40. The molecule has 0 radical (unpaired) electrons. The average Bonchev–Trinajstić information content (AvgIpc) is 3.04. The monoisotopic (exact) mass is 353 g/mol. The highest BCUT2D eigenvalue weighted by Gasteiger charge is 2.29. The fraction of sp³-hybridized carbons (Fsp3) is 0.300. The molecule has 1 aromatic carbocycles. The van der Waals surface area contributed by atoms with Crippen molar-refractivity contribution in [1.29, 1.82) is 0 Å². The quantitative estimate of drug-likeness (QED) is 0.722. The Morgan fingerprint density at radius 3 is 2.81 bits per heavy atom. The number of hydrogen-bond donors (Lipinski definition) is 0. The van der Waals surface area contributed by atoms with Crippen LogP contribution in [-0.2, 0) is 0 Å². The van der Waals surface area contributed by atoms with Crippen LogP contribution < -0.4 is 4.74 Å². The smallest absolute Gasteiger partial charge is 0.277 e. The molecule has 0 bridgehead atoms. The minimum Gasteiger partial charge on any atom is -0.493 e. The highest BCUT2D eigenvalue weighted by molar-refractivity contribution is 5.93. The molecule has 1 atom stereocenters. The van der Waals surface area contributed by atoms with Crippen molar-refractivity contribution in [2.24, 2.45) is 5.92 Å². The SMILES string of the molecule is O=C(c1nc2ccccn2c1F)N1CCC[C@H](COc2ccccc2)C1. The second-order valence-corrected chi connectivity index (χ2v) is 6.56. The highest BCUT2D eigenvalue weighted by Crippen LogP contribution is 2.21. The lowest BCUT2D eigenvalue weighted by Gasteiger charge is -2.32. The summed E-state index contributed by atoms with van der Waals surface area (Å²) < 4.78 is 21.6. The Morgan fingerprint density at radius 1 is 1.19 bits per heavy atom. The van der Waals surface area contributed by atoms with Gasteiger partial charge in [0.1, 0.15) is 11.4 Å². The third kappa shape index (κ3) is 3.27. The highest BCUT2D eigenvalue weighted by atomic mass is 19.1. The van der Waals surface area contributed by atoms with Crippen LogP contribution in [0.4, 0.5) is 4.39 Å². The number of aromatic nitrogens is 2. The summed E-state index contributed by atoms with van der Waals surface area (Å²) in [4.78, 5) is 18.6. The first-order valence-electron chi connectivity index (χ1n) is 8.82. The van der Waals surface area contributed by atoms with Crippen molar-refractivity contribution >= 4 is 11.6 Å². The number of rotatable bonds is 4. The molecule has 1 amide bonds. The fourth-order valence-corrected chi connectivity index (χ4v) is 3.37. The lowest BCUT2D eigenvalue weighted by Crippen LogP contribution is -2.42. The number of likely N-dealkylation sites (tertiary alicyclic amines) is 1. The molecule has 1 saturated heterocycles. The Kier molecular flexibility index (Phi) is 4.56. The molecule has 2 aromatic heterocycles. The molecular formula is C20H20FN3O2. The van der Waals surface area contributed by atoms with Gasteiger partial charge in [-0.3, -0.25) is 9.20 Å². The zero-order chi connectivity index (χ0) is 17.9. The van der Waals surface area contributed by atoms with Crippen LogP contribution in [-0.4, -0.2) is 39.9 Å². The summed E-state index contributed by atoms with van der Waals surface area (Å²) >= 11 is 0. The van der Waals surface area contributed by atoms with E-state index in [9.17, 15) is 9.18 Å². The number of halogens is 1. The number of para-hydroxylation sites is 1. The Bertz CT molecular complexity index is 910. The van der Waals surface area contributed by atoms with Gasteiger partial charge in [0, 0.05) is 25.2 Å². The van der Waals surface area contributed by atoms with Gasteiger partial charge in [0.25, 0.3) is 5.91 Å².